The van der Waals surface area contributed by atoms with Crippen LogP contribution >= 0.6 is 0 Å². The normalized spacial score (nSPS) is 8.50. The van der Waals surface area contributed by atoms with Gasteiger partial charge < -0.3 is 4.74 Å². The van der Waals surface area contributed by atoms with E-state index in [2.05, 4.69) is 11.3 Å². The first-order valence-corrected chi connectivity index (χ1v) is 2.92. The highest BCUT2D eigenvalue weighted by Crippen LogP contribution is 1.92. The van der Waals surface area contributed by atoms with E-state index in [1.54, 1.807) is 0 Å². The molecule has 0 aromatic heterocycles. The maximum Gasteiger partial charge on any atom is 0.305 e. The van der Waals surface area contributed by atoms with E-state index < -0.39 is 0 Å². The van der Waals surface area contributed by atoms with Gasteiger partial charge in [0.05, 0.1) is 13.5 Å². The second-order valence-corrected chi connectivity index (χ2v) is 1.75. The Hall–Kier alpha value is -1.12. The number of ketones is 1. The molecular formula is C7H10O3. The van der Waals surface area contributed by atoms with E-state index >= 15 is 0 Å². The van der Waals surface area contributed by atoms with Gasteiger partial charge in [0.25, 0.3) is 0 Å². The first-order valence-electron chi connectivity index (χ1n) is 2.92. The lowest BCUT2D eigenvalue weighted by molar-refractivity contribution is -0.141. The van der Waals surface area contributed by atoms with E-state index in [1.807, 2.05) is 0 Å². The molecule has 0 aliphatic heterocycles. The van der Waals surface area contributed by atoms with Gasteiger partial charge in [-0.1, -0.05) is 6.58 Å². The van der Waals surface area contributed by atoms with E-state index in [0.717, 1.165) is 0 Å². The molecule has 0 heterocycles. The van der Waals surface area contributed by atoms with Crippen LogP contribution in [-0.2, 0) is 14.3 Å². The summed E-state index contributed by atoms with van der Waals surface area (Å²) in [6.07, 6.45) is 1.53. The molecule has 0 aliphatic carbocycles. The van der Waals surface area contributed by atoms with Crippen molar-refractivity contribution in [3.63, 3.8) is 0 Å². The number of methoxy groups -OCH3 is 1. The summed E-state index contributed by atoms with van der Waals surface area (Å²) in [7, 11) is 1.29. The zero-order chi connectivity index (χ0) is 7.98. The lowest BCUT2D eigenvalue weighted by atomic mass is 10.2. The number of hydrogen-bond acceptors (Lipinski definition) is 3. The summed E-state index contributed by atoms with van der Waals surface area (Å²) < 4.78 is 4.32. The first kappa shape index (κ1) is 8.88. The van der Waals surface area contributed by atoms with E-state index in [4.69, 9.17) is 0 Å². The largest absolute Gasteiger partial charge is 0.469 e. The van der Waals surface area contributed by atoms with E-state index in [-0.39, 0.29) is 24.6 Å². The van der Waals surface area contributed by atoms with Crippen molar-refractivity contribution >= 4 is 11.8 Å². The molecule has 0 aromatic rings. The van der Waals surface area contributed by atoms with Gasteiger partial charge in [0.2, 0.25) is 0 Å². The standard InChI is InChI=1S/C7H10O3/c1-3-6(8)4-5-7(9)10-2/h3H,1,4-5H2,2H3. The molecule has 0 rings (SSSR count). The van der Waals surface area contributed by atoms with Crippen molar-refractivity contribution < 1.29 is 14.3 Å². The zero-order valence-electron chi connectivity index (χ0n) is 5.92. The molecule has 0 unspecified atom stereocenters. The predicted octanol–water partition coefficient (Wildman–Crippen LogP) is 0.695. The van der Waals surface area contributed by atoms with Crippen LogP contribution in [0.15, 0.2) is 12.7 Å². The maximum atomic E-state index is 10.5. The average Bonchev–Trinajstić information content (AvgIpc) is 1.99. The second-order valence-electron chi connectivity index (χ2n) is 1.75. The Morgan fingerprint density at radius 1 is 1.50 bits per heavy atom. The molecule has 0 radical (unpaired) electrons. The van der Waals surface area contributed by atoms with Crippen molar-refractivity contribution in [2.24, 2.45) is 0 Å². The fraction of sp³-hybridized carbons (Fsp3) is 0.429. The van der Waals surface area contributed by atoms with Gasteiger partial charge in [-0.15, -0.1) is 0 Å². The van der Waals surface area contributed by atoms with Crippen molar-refractivity contribution in [1.82, 2.24) is 0 Å². The van der Waals surface area contributed by atoms with Crippen molar-refractivity contribution in [3.05, 3.63) is 12.7 Å². The van der Waals surface area contributed by atoms with Gasteiger partial charge in [-0.05, 0) is 6.08 Å². The maximum absolute atomic E-state index is 10.5. The Labute approximate surface area is 59.7 Å². The number of carbonyl (C=O) groups excluding carboxylic acids is 2. The van der Waals surface area contributed by atoms with Crippen molar-refractivity contribution in [1.29, 1.82) is 0 Å². The summed E-state index contributed by atoms with van der Waals surface area (Å²) in [6.45, 7) is 3.26. The molecule has 0 N–H and O–H groups in total. The van der Waals surface area contributed by atoms with Crippen LogP contribution in [0.1, 0.15) is 12.8 Å². The Balaban J connectivity index is 3.44. The number of rotatable bonds is 4. The fourth-order valence-corrected chi connectivity index (χ4v) is 0.429. The van der Waals surface area contributed by atoms with E-state index in [0.29, 0.717) is 0 Å². The first-order chi connectivity index (χ1) is 4.70. The summed E-state index contributed by atoms with van der Waals surface area (Å²) in [5, 5.41) is 0. The summed E-state index contributed by atoms with van der Waals surface area (Å²) in [4.78, 5) is 20.9. The predicted molar refractivity (Wildman–Crippen MR) is 36.5 cm³/mol. The molecule has 0 atom stereocenters. The summed E-state index contributed by atoms with van der Waals surface area (Å²) >= 11 is 0. The summed E-state index contributed by atoms with van der Waals surface area (Å²) in [5.74, 6) is -0.499. The Bertz CT molecular complexity index is 149. The number of esters is 1. The van der Waals surface area contributed by atoms with Gasteiger partial charge in [-0.25, -0.2) is 0 Å². The summed E-state index contributed by atoms with van der Waals surface area (Å²) in [5.41, 5.74) is 0. The Kier molecular flexibility index (Phi) is 4.20. The lowest BCUT2D eigenvalue weighted by Gasteiger charge is -1.94. The summed E-state index contributed by atoms with van der Waals surface area (Å²) in [6, 6.07) is 0. The lowest BCUT2D eigenvalue weighted by Crippen LogP contribution is -2.03. The van der Waals surface area contributed by atoms with E-state index in [9.17, 15) is 9.59 Å². The number of allylic oxidation sites excluding steroid dienone is 1. The molecule has 3 nitrogen and oxygen atoms in total. The third kappa shape index (κ3) is 3.83. The van der Waals surface area contributed by atoms with Gasteiger partial charge in [0.15, 0.2) is 5.78 Å². The highest BCUT2D eigenvalue weighted by molar-refractivity contribution is 5.91. The van der Waals surface area contributed by atoms with Crippen molar-refractivity contribution in [3.8, 4) is 0 Å². The van der Waals surface area contributed by atoms with Crippen LogP contribution in [0, 0.1) is 0 Å². The SMILES string of the molecule is C=CC(=O)CCC(=O)OC. The molecule has 0 saturated carbocycles. The molecule has 0 aromatic carbocycles. The van der Waals surface area contributed by atoms with Crippen LogP contribution in [-0.4, -0.2) is 18.9 Å². The smallest absolute Gasteiger partial charge is 0.305 e. The van der Waals surface area contributed by atoms with E-state index in [1.165, 1.54) is 13.2 Å². The Morgan fingerprint density at radius 3 is 2.50 bits per heavy atom. The second kappa shape index (κ2) is 4.73. The molecule has 3 heteroatoms. The van der Waals surface area contributed by atoms with Gasteiger partial charge >= 0.3 is 5.97 Å². The van der Waals surface area contributed by atoms with Crippen LogP contribution in [0.3, 0.4) is 0 Å². The van der Waals surface area contributed by atoms with Crippen LogP contribution in [0.4, 0.5) is 0 Å². The molecule has 0 bridgehead atoms. The Morgan fingerprint density at radius 2 is 2.10 bits per heavy atom. The molecular weight excluding hydrogens is 132 g/mol. The van der Waals surface area contributed by atoms with Crippen LogP contribution in [0.25, 0.3) is 0 Å². The van der Waals surface area contributed by atoms with Crippen LogP contribution in [0.2, 0.25) is 0 Å². The number of ether oxygens (including phenoxy) is 1. The number of hydrogen-bond donors (Lipinski definition) is 0. The monoisotopic (exact) mass is 142 g/mol. The highest BCUT2D eigenvalue weighted by Gasteiger charge is 2.02. The minimum Gasteiger partial charge on any atom is -0.469 e. The minimum atomic E-state index is -0.366. The molecule has 0 aliphatic rings. The topological polar surface area (TPSA) is 43.4 Å². The van der Waals surface area contributed by atoms with Gasteiger partial charge in [-0.2, -0.15) is 0 Å². The zero-order valence-corrected chi connectivity index (χ0v) is 5.92. The van der Waals surface area contributed by atoms with Gasteiger partial charge in [0, 0.05) is 6.42 Å². The van der Waals surface area contributed by atoms with Crippen molar-refractivity contribution in [2.45, 2.75) is 12.8 Å². The molecule has 0 amide bonds. The molecule has 10 heavy (non-hydrogen) atoms. The molecule has 0 saturated heterocycles. The van der Waals surface area contributed by atoms with Gasteiger partial charge in [-0.3, -0.25) is 9.59 Å². The molecule has 56 valence electrons. The number of carbonyl (C=O) groups is 2. The van der Waals surface area contributed by atoms with Gasteiger partial charge in [0.1, 0.15) is 0 Å². The van der Waals surface area contributed by atoms with Crippen molar-refractivity contribution in [2.75, 3.05) is 7.11 Å². The molecule has 0 fully saturated rings. The van der Waals surface area contributed by atoms with Crippen LogP contribution < -0.4 is 0 Å². The minimum absolute atomic E-state index is 0.134. The third-order valence-electron chi connectivity index (χ3n) is 1.03. The highest BCUT2D eigenvalue weighted by atomic mass is 16.5. The quantitative estimate of drug-likeness (QED) is 0.428. The van der Waals surface area contributed by atoms with Crippen LogP contribution in [0.5, 0.6) is 0 Å². The molecule has 0 spiro atoms. The average molecular weight is 142 g/mol. The third-order valence-corrected chi connectivity index (χ3v) is 1.03. The fourth-order valence-electron chi connectivity index (χ4n) is 0.429.